The van der Waals surface area contributed by atoms with Crippen molar-refractivity contribution in [1.82, 2.24) is 4.89 Å². The second kappa shape index (κ2) is 5.87. The molecule has 0 spiro atoms. The maximum Gasteiger partial charge on any atom is 0.337 e. The molecule has 0 saturated heterocycles. The molecule has 0 radical (unpaired) electrons. The zero-order valence-electron chi connectivity index (χ0n) is 10.9. The molecule has 0 bridgehead atoms. The number of carbonyl (C=O) groups is 1. The van der Waals surface area contributed by atoms with E-state index in [9.17, 15) is 13.2 Å². The molecule has 0 fully saturated rings. The normalized spacial score (nSPS) is 12.4. The van der Waals surface area contributed by atoms with Crippen LogP contribution in [0.5, 0.6) is 0 Å². The first-order valence-corrected chi connectivity index (χ1v) is 7.60. The van der Waals surface area contributed by atoms with Gasteiger partial charge in [-0.1, -0.05) is 28.1 Å². The molecule has 0 saturated carbocycles. The van der Waals surface area contributed by atoms with Crippen molar-refractivity contribution < 1.29 is 23.2 Å². The summed E-state index contributed by atoms with van der Waals surface area (Å²) < 4.78 is 24.1. The van der Waals surface area contributed by atoms with E-state index < -0.39 is 26.5 Å². The van der Waals surface area contributed by atoms with Crippen LogP contribution in [0.2, 0.25) is 10.0 Å². The number of hydrogen-bond acceptors (Lipinski definition) is 4. The molecule has 0 amide bonds. The standard InChI is InChI=1S/C11H13Cl2NO5S/c1-11(2,3)19-14-20(17,18)9-4-6(10(15)16)7(12)5-8(9)13/h4-5,14H,1-3H3,(H,15,16). The van der Waals surface area contributed by atoms with E-state index in [1.807, 2.05) is 4.89 Å². The van der Waals surface area contributed by atoms with E-state index in [-0.39, 0.29) is 15.6 Å². The van der Waals surface area contributed by atoms with Crippen LogP contribution in [0.15, 0.2) is 17.0 Å². The summed E-state index contributed by atoms with van der Waals surface area (Å²) in [7, 11) is -4.12. The summed E-state index contributed by atoms with van der Waals surface area (Å²) >= 11 is 11.5. The zero-order chi connectivity index (χ0) is 15.7. The number of aromatic carboxylic acids is 1. The highest BCUT2D eigenvalue weighted by Gasteiger charge is 2.24. The number of halogens is 2. The van der Waals surface area contributed by atoms with E-state index in [1.165, 1.54) is 0 Å². The lowest BCUT2D eigenvalue weighted by Crippen LogP contribution is -2.33. The Morgan fingerprint density at radius 2 is 1.80 bits per heavy atom. The van der Waals surface area contributed by atoms with Crippen LogP contribution in [-0.4, -0.2) is 25.1 Å². The molecule has 0 unspecified atom stereocenters. The first-order valence-electron chi connectivity index (χ1n) is 5.36. The van der Waals surface area contributed by atoms with Gasteiger partial charge in [0.05, 0.1) is 21.2 Å². The van der Waals surface area contributed by atoms with Crippen molar-refractivity contribution in [3.8, 4) is 0 Å². The largest absolute Gasteiger partial charge is 0.478 e. The number of sulfonamides is 1. The van der Waals surface area contributed by atoms with Gasteiger partial charge in [-0.05, 0) is 32.9 Å². The van der Waals surface area contributed by atoms with Crippen LogP contribution in [0.3, 0.4) is 0 Å². The summed E-state index contributed by atoms with van der Waals surface area (Å²) in [5, 5.41) is 8.57. The Bertz CT molecular complexity index is 637. The lowest BCUT2D eigenvalue weighted by Gasteiger charge is -2.19. The molecule has 9 heteroatoms. The van der Waals surface area contributed by atoms with Crippen molar-refractivity contribution in [2.45, 2.75) is 31.3 Å². The Morgan fingerprint density at radius 1 is 1.25 bits per heavy atom. The van der Waals surface area contributed by atoms with Crippen LogP contribution < -0.4 is 4.89 Å². The first-order chi connectivity index (χ1) is 8.94. The van der Waals surface area contributed by atoms with Gasteiger partial charge in [0.25, 0.3) is 10.0 Å². The molecule has 20 heavy (non-hydrogen) atoms. The van der Waals surface area contributed by atoms with Crippen LogP contribution in [0.1, 0.15) is 31.1 Å². The van der Waals surface area contributed by atoms with Crippen molar-refractivity contribution >= 4 is 39.2 Å². The topological polar surface area (TPSA) is 92.7 Å². The monoisotopic (exact) mass is 341 g/mol. The second-order valence-corrected chi connectivity index (χ2v) is 7.30. The highest BCUT2D eigenvalue weighted by atomic mass is 35.5. The van der Waals surface area contributed by atoms with Gasteiger partial charge in [-0.2, -0.15) is 0 Å². The van der Waals surface area contributed by atoms with E-state index in [2.05, 4.69) is 0 Å². The third kappa shape index (κ3) is 4.32. The highest BCUT2D eigenvalue weighted by molar-refractivity contribution is 7.89. The smallest absolute Gasteiger partial charge is 0.337 e. The van der Waals surface area contributed by atoms with Gasteiger partial charge in [0.2, 0.25) is 0 Å². The minimum Gasteiger partial charge on any atom is -0.478 e. The van der Waals surface area contributed by atoms with Gasteiger partial charge < -0.3 is 5.11 Å². The highest BCUT2D eigenvalue weighted by Crippen LogP contribution is 2.28. The van der Waals surface area contributed by atoms with Gasteiger partial charge in [0.1, 0.15) is 4.90 Å². The molecule has 1 aromatic rings. The molecule has 2 N–H and O–H groups in total. The van der Waals surface area contributed by atoms with Crippen LogP contribution in [0.25, 0.3) is 0 Å². The lowest BCUT2D eigenvalue weighted by molar-refractivity contribution is -0.0357. The summed E-state index contributed by atoms with van der Waals surface area (Å²) in [6, 6.07) is 1.93. The van der Waals surface area contributed by atoms with Gasteiger partial charge in [0.15, 0.2) is 0 Å². The van der Waals surface area contributed by atoms with Crippen molar-refractivity contribution in [2.24, 2.45) is 0 Å². The Labute approximate surface area is 126 Å². The van der Waals surface area contributed by atoms with Gasteiger partial charge in [-0.15, -0.1) is 0 Å². The maximum atomic E-state index is 12.0. The average molecular weight is 342 g/mol. The van der Waals surface area contributed by atoms with Crippen LogP contribution in [0, 0.1) is 0 Å². The third-order valence-electron chi connectivity index (χ3n) is 2.00. The van der Waals surface area contributed by atoms with Crippen molar-refractivity contribution in [3.63, 3.8) is 0 Å². The zero-order valence-corrected chi connectivity index (χ0v) is 13.2. The number of nitrogens with one attached hydrogen (secondary N) is 1. The fraction of sp³-hybridized carbons (Fsp3) is 0.364. The molecule has 1 aromatic carbocycles. The number of carboxylic acids is 1. The Kier molecular flexibility index (Phi) is 5.04. The van der Waals surface area contributed by atoms with Gasteiger partial charge >= 0.3 is 5.97 Å². The summed E-state index contributed by atoms with van der Waals surface area (Å²) in [5.41, 5.74) is -1.13. The van der Waals surface area contributed by atoms with Crippen LogP contribution >= 0.6 is 23.2 Å². The minimum absolute atomic E-state index is 0.154. The molecular weight excluding hydrogens is 329 g/mol. The summed E-state index contributed by atoms with van der Waals surface area (Å²) in [5.74, 6) is -1.36. The third-order valence-corrected chi connectivity index (χ3v) is 3.96. The number of benzene rings is 1. The van der Waals surface area contributed by atoms with E-state index in [4.69, 9.17) is 33.1 Å². The molecule has 0 aliphatic carbocycles. The number of hydrogen-bond donors (Lipinski definition) is 2. The molecule has 1 rings (SSSR count). The van der Waals surface area contributed by atoms with Gasteiger partial charge in [-0.25, -0.2) is 13.2 Å². The molecule has 0 heterocycles. The Hall–Kier alpha value is -0.860. The average Bonchev–Trinajstić information content (AvgIpc) is 2.24. The molecule has 0 aromatic heterocycles. The fourth-order valence-corrected chi connectivity index (χ4v) is 2.93. The van der Waals surface area contributed by atoms with Crippen molar-refractivity contribution in [1.29, 1.82) is 0 Å². The van der Waals surface area contributed by atoms with E-state index in [0.29, 0.717) is 0 Å². The predicted molar refractivity (Wildman–Crippen MR) is 74.6 cm³/mol. The van der Waals surface area contributed by atoms with Crippen molar-refractivity contribution in [2.75, 3.05) is 0 Å². The van der Waals surface area contributed by atoms with Crippen LogP contribution in [-0.2, 0) is 14.9 Å². The lowest BCUT2D eigenvalue weighted by atomic mass is 10.2. The van der Waals surface area contributed by atoms with Crippen LogP contribution in [0.4, 0.5) is 0 Å². The van der Waals surface area contributed by atoms with E-state index in [0.717, 1.165) is 12.1 Å². The molecular formula is C11H13Cl2NO5S. The maximum absolute atomic E-state index is 12.0. The SMILES string of the molecule is CC(C)(C)ONS(=O)(=O)c1cc(C(=O)O)c(Cl)cc1Cl. The number of carboxylic acid groups (broad SMARTS) is 1. The molecule has 0 aliphatic rings. The first kappa shape index (κ1) is 17.2. The van der Waals surface area contributed by atoms with Gasteiger partial charge in [-0.3, -0.25) is 4.84 Å². The Morgan fingerprint density at radius 3 is 2.25 bits per heavy atom. The summed E-state index contributed by atoms with van der Waals surface area (Å²) in [6.07, 6.45) is 0. The minimum atomic E-state index is -4.12. The Balaban J connectivity index is 3.25. The molecule has 0 aliphatic heterocycles. The predicted octanol–water partition coefficient (Wildman–Crippen LogP) is 2.70. The number of rotatable bonds is 4. The van der Waals surface area contributed by atoms with E-state index in [1.54, 1.807) is 20.8 Å². The second-order valence-electron chi connectivity index (χ2n) is 4.87. The molecule has 0 atom stereocenters. The summed E-state index contributed by atoms with van der Waals surface area (Å²) in [4.78, 5) is 17.4. The molecule has 112 valence electrons. The quantitative estimate of drug-likeness (QED) is 0.821. The van der Waals surface area contributed by atoms with E-state index >= 15 is 0 Å². The van der Waals surface area contributed by atoms with Gasteiger partial charge in [0, 0.05) is 0 Å². The van der Waals surface area contributed by atoms with Crippen molar-refractivity contribution in [3.05, 3.63) is 27.7 Å². The fourth-order valence-electron chi connectivity index (χ4n) is 1.12. The summed E-state index contributed by atoms with van der Waals surface area (Å²) in [6.45, 7) is 4.92. The molecule has 6 nitrogen and oxygen atoms in total.